The minimum absolute atomic E-state index is 0.216. The maximum Gasteiger partial charge on any atom is 0.263 e. The average Bonchev–Trinajstić information content (AvgIpc) is 3.09. The van der Waals surface area contributed by atoms with Crippen molar-refractivity contribution in [2.24, 2.45) is 0 Å². The number of aromatic nitrogens is 4. The number of ether oxygens (including phenoxy) is 1. The summed E-state index contributed by atoms with van der Waals surface area (Å²) in [5, 5.41) is 6.64. The molecule has 0 fully saturated rings. The Kier molecular flexibility index (Phi) is 4.23. The number of hydrogen-bond acceptors (Lipinski definition) is 5. The maximum atomic E-state index is 12.8. The Hall–Kier alpha value is -3.29. The van der Waals surface area contributed by atoms with Crippen LogP contribution in [0.15, 0.2) is 55.1 Å². The van der Waals surface area contributed by atoms with Crippen LogP contribution in [0.25, 0.3) is 5.82 Å². The first kappa shape index (κ1) is 14.6. The van der Waals surface area contributed by atoms with Gasteiger partial charge in [-0.2, -0.15) is 5.10 Å². The molecule has 0 aliphatic rings. The van der Waals surface area contributed by atoms with Gasteiger partial charge in [0.15, 0.2) is 12.4 Å². The molecule has 1 aromatic carbocycles. The molecular formula is C15H12FN5O2. The van der Waals surface area contributed by atoms with Crippen LogP contribution in [0, 0.1) is 5.82 Å². The van der Waals surface area contributed by atoms with Crippen LogP contribution in [-0.2, 0) is 4.79 Å². The number of carbonyl (C=O) groups excluding carboxylic acids is 1. The predicted molar refractivity (Wildman–Crippen MR) is 79.7 cm³/mol. The van der Waals surface area contributed by atoms with Crippen LogP contribution in [0.2, 0.25) is 0 Å². The topological polar surface area (TPSA) is 81.9 Å². The molecule has 3 aromatic rings. The summed E-state index contributed by atoms with van der Waals surface area (Å²) in [6.07, 6.45) is 4.68. The van der Waals surface area contributed by atoms with Crippen LogP contribution in [-0.4, -0.2) is 32.3 Å². The molecule has 3 rings (SSSR count). The third-order valence-corrected chi connectivity index (χ3v) is 2.84. The molecule has 0 aliphatic heterocycles. The Balaban J connectivity index is 1.59. The molecule has 1 N–H and O–H groups in total. The second kappa shape index (κ2) is 6.65. The third-order valence-electron chi connectivity index (χ3n) is 2.84. The van der Waals surface area contributed by atoms with Gasteiger partial charge in [0.25, 0.3) is 5.91 Å². The van der Waals surface area contributed by atoms with Gasteiger partial charge in [0.1, 0.15) is 23.7 Å². The van der Waals surface area contributed by atoms with Crippen molar-refractivity contribution in [1.29, 1.82) is 0 Å². The Labute approximate surface area is 130 Å². The zero-order valence-electron chi connectivity index (χ0n) is 11.9. The highest BCUT2D eigenvalue weighted by molar-refractivity contribution is 5.91. The normalized spacial score (nSPS) is 10.3. The minimum atomic E-state index is -0.389. The largest absolute Gasteiger partial charge is 0.484 e. The summed E-state index contributed by atoms with van der Waals surface area (Å²) in [7, 11) is 0. The average molecular weight is 313 g/mol. The summed E-state index contributed by atoms with van der Waals surface area (Å²) >= 11 is 0. The van der Waals surface area contributed by atoms with E-state index >= 15 is 0 Å². The highest BCUT2D eigenvalue weighted by Crippen LogP contribution is 2.11. The Morgan fingerprint density at radius 3 is 2.83 bits per heavy atom. The fourth-order valence-corrected chi connectivity index (χ4v) is 1.80. The summed E-state index contributed by atoms with van der Waals surface area (Å²) in [5.74, 6) is 0.507. The molecule has 0 atom stereocenters. The van der Waals surface area contributed by atoms with Gasteiger partial charge in [0.05, 0.1) is 0 Å². The lowest BCUT2D eigenvalue weighted by atomic mass is 10.3. The van der Waals surface area contributed by atoms with E-state index in [9.17, 15) is 9.18 Å². The Bertz CT molecular complexity index is 790. The SMILES string of the molecule is O=C(COc1ccc(F)cc1)Nc1cc(-n2cccn2)ncn1. The molecule has 23 heavy (non-hydrogen) atoms. The number of rotatable bonds is 5. The number of anilines is 1. The second-order valence-corrected chi connectivity index (χ2v) is 4.50. The van der Waals surface area contributed by atoms with Crippen molar-refractivity contribution in [3.63, 3.8) is 0 Å². The van der Waals surface area contributed by atoms with Crippen molar-refractivity contribution in [2.45, 2.75) is 0 Å². The molecule has 0 saturated carbocycles. The highest BCUT2D eigenvalue weighted by atomic mass is 19.1. The Morgan fingerprint density at radius 2 is 2.09 bits per heavy atom. The molecule has 2 aromatic heterocycles. The van der Waals surface area contributed by atoms with E-state index in [1.54, 1.807) is 29.2 Å². The molecule has 0 bridgehead atoms. The van der Waals surface area contributed by atoms with E-state index in [0.29, 0.717) is 17.4 Å². The Morgan fingerprint density at radius 1 is 1.26 bits per heavy atom. The van der Waals surface area contributed by atoms with Crippen molar-refractivity contribution >= 4 is 11.7 Å². The first-order chi connectivity index (χ1) is 11.2. The van der Waals surface area contributed by atoms with Crippen molar-refractivity contribution < 1.29 is 13.9 Å². The minimum Gasteiger partial charge on any atom is -0.484 e. The molecule has 0 aliphatic carbocycles. The number of halogens is 1. The molecule has 7 nitrogen and oxygen atoms in total. The fraction of sp³-hybridized carbons (Fsp3) is 0.0667. The van der Waals surface area contributed by atoms with Gasteiger partial charge in [-0.25, -0.2) is 19.0 Å². The third kappa shape index (κ3) is 3.88. The van der Waals surface area contributed by atoms with E-state index in [1.165, 1.54) is 30.6 Å². The number of nitrogens with zero attached hydrogens (tertiary/aromatic N) is 4. The van der Waals surface area contributed by atoms with E-state index in [2.05, 4.69) is 20.4 Å². The number of nitrogens with one attached hydrogen (secondary N) is 1. The lowest BCUT2D eigenvalue weighted by Crippen LogP contribution is -2.21. The fourth-order valence-electron chi connectivity index (χ4n) is 1.80. The summed E-state index contributed by atoms with van der Waals surface area (Å²) in [5.41, 5.74) is 0. The lowest BCUT2D eigenvalue weighted by Gasteiger charge is -2.07. The highest BCUT2D eigenvalue weighted by Gasteiger charge is 2.07. The van der Waals surface area contributed by atoms with Crippen molar-refractivity contribution in [3.05, 3.63) is 60.9 Å². The van der Waals surface area contributed by atoms with Crippen molar-refractivity contribution in [3.8, 4) is 11.6 Å². The molecule has 116 valence electrons. The maximum absolute atomic E-state index is 12.8. The second-order valence-electron chi connectivity index (χ2n) is 4.50. The molecule has 8 heteroatoms. The van der Waals surface area contributed by atoms with Gasteiger partial charge in [0.2, 0.25) is 0 Å². The summed E-state index contributed by atoms with van der Waals surface area (Å²) in [4.78, 5) is 19.9. The van der Waals surface area contributed by atoms with Crippen LogP contribution < -0.4 is 10.1 Å². The number of benzene rings is 1. The number of amides is 1. The van der Waals surface area contributed by atoms with Gasteiger partial charge in [-0.1, -0.05) is 0 Å². The van der Waals surface area contributed by atoms with Crippen molar-refractivity contribution in [2.75, 3.05) is 11.9 Å². The van der Waals surface area contributed by atoms with Gasteiger partial charge >= 0.3 is 0 Å². The molecular weight excluding hydrogens is 301 g/mol. The zero-order chi connectivity index (χ0) is 16.1. The smallest absolute Gasteiger partial charge is 0.263 e. The predicted octanol–water partition coefficient (Wildman–Crippen LogP) is 1.82. The van der Waals surface area contributed by atoms with E-state index in [4.69, 9.17) is 4.74 Å². The van der Waals surface area contributed by atoms with Crippen LogP contribution in [0.5, 0.6) is 5.75 Å². The van der Waals surface area contributed by atoms with Gasteiger partial charge < -0.3 is 10.1 Å². The molecule has 0 saturated heterocycles. The van der Waals surface area contributed by atoms with Crippen LogP contribution in [0.4, 0.5) is 10.2 Å². The van der Waals surface area contributed by atoms with Gasteiger partial charge in [0, 0.05) is 18.5 Å². The van der Waals surface area contributed by atoms with E-state index in [-0.39, 0.29) is 18.3 Å². The van der Waals surface area contributed by atoms with Gasteiger partial charge in [-0.05, 0) is 30.3 Å². The molecule has 1 amide bonds. The van der Waals surface area contributed by atoms with E-state index < -0.39 is 0 Å². The van der Waals surface area contributed by atoms with Crippen LogP contribution >= 0.6 is 0 Å². The van der Waals surface area contributed by atoms with E-state index in [1.807, 2.05) is 0 Å². The van der Waals surface area contributed by atoms with Gasteiger partial charge in [-0.15, -0.1) is 0 Å². The van der Waals surface area contributed by atoms with E-state index in [0.717, 1.165) is 0 Å². The number of hydrogen-bond donors (Lipinski definition) is 1. The first-order valence-corrected chi connectivity index (χ1v) is 6.71. The molecule has 0 spiro atoms. The summed E-state index contributed by atoms with van der Waals surface area (Å²) < 4.78 is 19.6. The van der Waals surface area contributed by atoms with Gasteiger partial charge in [-0.3, -0.25) is 4.79 Å². The standard InChI is InChI=1S/C15H12FN5O2/c16-11-2-4-12(5-3-11)23-9-15(22)20-13-8-14(18-10-17-13)21-7-1-6-19-21/h1-8,10H,9H2,(H,17,18,20,22). The molecule has 2 heterocycles. The van der Waals surface area contributed by atoms with Crippen LogP contribution in [0.3, 0.4) is 0 Å². The molecule has 0 unspecified atom stereocenters. The number of carbonyl (C=O) groups is 1. The molecule has 0 radical (unpaired) electrons. The zero-order valence-corrected chi connectivity index (χ0v) is 11.9. The summed E-state index contributed by atoms with van der Waals surface area (Å²) in [6.45, 7) is -0.216. The summed E-state index contributed by atoms with van der Waals surface area (Å²) in [6, 6.07) is 8.76. The lowest BCUT2D eigenvalue weighted by molar-refractivity contribution is -0.118. The quantitative estimate of drug-likeness (QED) is 0.777. The van der Waals surface area contributed by atoms with Crippen molar-refractivity contribution in [1.82, 2.24) is 19.7 Å². The monoisotopic (exact) mass is 313 g/mol. The first-order valence-electron chi connectivity index (χ1n) is 6.71. The van der Waals surface area contributed by atoms with Crippen LogP contribution in [0.1, 0.15) is 0 Å².